The number of nitrogens with zero attached hydrogens (tertiary/aromatic N) is 2. The largest absolute Gasteiger partial charge is 0.497 e. The molecule has 0 saturated heterocycles. The van der Waals surface area contributed by atoms with Gasteiger partial charge in [-0.05, 0) is 17.7 Å². The van der Waals surface area contributed by atoms with Gasteiger partial charge in [-0.15, -0.1) is 10.2 Å². The quantitative estimate of drug-likeness (QED) is 0.664. The molecular weight excluding hydrogens is 318 g/mol. The topological polar surface area (TPSA) is 64.1 Å². The van der Waals surface area contributed by atoms with Gasteiger partial charge in [-0.2, -0.15) is 0 Å². The number of methoxy groups -OCH3 is 1. The molecule has 118 valence electrons. The van der Waals surface area contributed by atoms with Crippen LogP contribution in [0.4, 0.5) is 5.13 Å². The molecule has 22 heavy (non-hydrogen) atoms. The van der Waals surface area contributed by atoms with Crippen molar-refractivity contribution in [1.29, 1.82) is 0 Å². The number of ether oxygens (including phenoxy) is 1. The fourth-order valence-electron chi connectivity index (χ4n) is 1.47. The second-order valence-electron chi connectivity index (χ2n) is 5.71. The van der Waals surface area contributed by atoms with Gasteiger partial charge in [-0.3, -0.25) is 4.79 Å². The molecule has 5 nitrogen and oxygen atoms in total. The minimum absolute atomic E-state index is 0.0599. The van der Waals surface area contributed by atoms with Gasteiger partial charge in [0.2, 0.25) is 11.0 Å². The van der Waals surface area contributed by atoms with Crippen LogP contribution in [-0.4, -0.2) is 23.2 Å². The Balaban J connectivity index is 1.90. The highest BCUT2D eigenvalue weighted by molar-refractivity contribution is 8.00. The van der Waals surface area contributed by atoms with Gasteiger partial charge < -0.3 is 10.1 Å². The van der Waals surface area contributed by atoms with Crippen molar-refractivity contribution >= 4 is 34.1 Å². The molecule has 1 aromatic heterocycles. The number of nitrogens with one attached hydrogen (secondary N) is 1. The van der Waals surface area contributed by atoms with Crippen molar-refractivity contribution in [1.82, 2.24) is 10.2 Å². The Morgan fingerprint density at radius 2 is 1.95 bits per heavy atom. The van der Waals surface area contributed by atoms with Crippen molar-refractivity contribution in [2.24, 2.45) is 5.41 Å². The van der Waals surface area contributed by atoms with Crippen molar-refractivity contribution in [2.45, 2.75) is 30.9 Å². The van der Waals surface area contributed by atoms with Crippen LogP contribution < -0.4 is 10.1 Å². The summed E-state index contributed by atoms with van der Waals surface area (Å²) in [5.74, 6) is 1.58. The Bertz CT molecular complexity index is 633. The number of carbonyl (C=O) groups is 1. The van der Waals surface area contributed by atoms with Crippen LogP contribution >= 0.6 is 23.1 Å². The standard InChI is InChI=1S/C15H19N3O2S2/c1-15(2,3)12(19)16-13-17-18-14(22-13)21-9-10-5-7-11(20-4)8-6-10/h5-8H,9H2,1-4H3,(H,16,17,19). The van der Waals surface area contributed by atoms with Crippen LogP contribution in [0.5, 0.6) is 5.75 Å². The third-order valence-corrected chi connectivity index (χ3v) is 4.87. The molecule has 2 aromatic rings. The molecule has 2 rings (SSSR count). The van der Waals surface area contributed by atoms with Gasteiger partial charge in [-0.25, -0.2) is 0 Å². The third-order valence-electron chi connectivity index (χ3n) is 2.83. The first-order valence-electron chi connectivity index (χ1n) is 6.79. The molecule has 0 spiro atoms. The number of aromatic nitrogens is 2. The van der Waals surface area contributed by atoms with E-state index < -0.39 is 5.41 Å². The Morgan fingerprint density at radius 1 is 1.27 bits per heavy atom. The molecule has 0 aliphatic carbocycles. The van der Waals surface area contributed by atoms with E-state index in [0.717, 1.165) is 15.8 Å². The van der Waals surface area contributed by atoms with E-state index in [4.69, 9.17) is 4.74 Å². The summed E-state index contributed by atoms with van der Waals surface area (Å²) in [6, 6.07) is 7.92. The van der Waals surface area contributed by atoms with Crippen LogP contribution in [0.1, 0.15) is 26.3 Å². The van der Waals surface area contributed by atoms with E-state index in [2.05, 4.69) is 15.5 Å². The number of benzene rings is 1. The van der Waals surface area contributed by atoms with Crippen molar-refractivity contribution in [3.63, 3.8) is 0 Å². The van der Waals surface area contributed by atoms with E-state index in [1.807, 2.05) is 45.0 Å². The molecule has 1 amide bonds. The summed E-state index contributed by atoms with van der Waals surface area (Å²) in [6.07, 6.45) is 0. The normalized spacial score (nSPS) is 11.3. The summed E-state index contributed by atoms with van der Waals surface area (Å²) in [4.78, 5) is 11.9. The summed E-state index contributed by atoms with van der Waals surface area (Å²) < 4.78 is 5.97. The highest BCUT2D eigenvalue weighted by atomic mass is 32.2. The second-order valence-corrected chi connectivity index (χ2v) is 7.91. The lowest BCUT2D eigenvalue weighted by Gasteiger charge is -2.15. The number of rotatable bonds is 5. The third kappa shape index (κ3) is 4.71. The first-order valence-corrected chi connectivity index (χ1v) is 8.59. The van der Waals surface area contributed by atoms with Crippen molar-refractivity contribution in [2.75, 3.05) is 12.4 Å². The van der Waals surface area contributed by atoms with Gasteiger partial charge in [0.15, 0.2) is 4.34 Å². The SMILES string of the molecule is COc1ccc(CSc2nnc(NC(=O)C(C)(C)C)s2)cc1. The van der Waals surface area contributed by atoms with Gasteiger partial charge >= 0.3 is 0 Å². The predicted molar refractivity (Wildman–Crippen MR) is 90.5 cm³/mol. The summed E-state index contributed by atoms with van der Waals surface area (Å²) in [5.41, 5.74) is 0.739. The van der Waals surface area contributed by atoms with Gasteiger partial charge in [0.05, 0.1) is 7.11 Å². The van der Waals surface area contributed by atoms with Crippen LogP contribution in [0.25, 0.3) is 0 Å². The number of hydrogen-bond acceptors (Lipinski definition) is 6. The van der Waals surface area contributed by atoms with E-state index in [0.29, 0.717) is 5.13 Å². The average Bonchev–Trinajstić information content (AvgIpc) is 2.92. The van der Waals surface area contributed by atoms with Gasteiger partial charge in [0.1, 0.15) is 5.75 Å². The van der Waals surface area contributed by atoms with Gasteiger partial charge in [0.25, 0.3) is 0 Å². The second kappa shape index (κ2) is 7.11. The Hall–Kier alpha value is -1.60. The maximum Gasteiger partial charge on any atom is 0.231 e. The van der Waals surface area contributed by atoms with Crippen LogP contribution in [0.3, 0.4) is 0 Å². The molecular formula is C15H19N3O2S2. The molecule has 0 radical (unpaired) electrons. The van der Waals surface area contributed by atoms with Crippen molar-refractivity contribution in [3.05, 3.63) is 29.8 Å². The molecule has 0 unspecified atom stereocenters. The molecule has 0 saturated carbocycles. The maximum atomic E-state index is 11.9. The number of thioether (sulfide) groups is 1. The number of anilines is 1. The first-order chi connectivity index (χ1) is 10.4. The van der Waals surface area contributed by atoms with Crippen molar-refractivity contribution < 1.29 is 9.53 Å². The zero-order chi connectivity index (χ0) is 16.2. The Kier molecular flexibility index (Phi) is 5.42. The van der Waals surface area contributed by atoms with Crippen LogP contribution in [0.15, 0.2) is 28.6 Å². The van der Waals surface area contributed by atoms with Crippen molar-refractivity contribution in [3.8, 4) is 5.75 Å². The molecule has 1 N–H and O–H groups in total. The van der Waals surface area contributed by atoms with E-state index in [9.17, 15) is 4.79 Å². The molecule has 7 heteroatoms. The Morgan fingerprint density at radius 3 is 2.55 bits per heavy atom. The molecule has 0 aliphatic rings. The fraction of sp³-hybridized carbons (Fsp3) is 0.400. The molecule has 1 heterocycles. The predicted octanol–water partition coefficient (Wildman–Crippen LogP) is 3.82. The zero-order valence-corrected chi connectivity index (χ0v) is 14.7. The maximum absolute atomic E-state index is 11.9. The molecule has 1 aromatic carbocycles. The monoisotopic (exact) mass is 337 g/mol. The lowest BCUT2D eigenvalue weighted by atomic mass is 9.96. The van der Waals surface area contributed by atoms with Gasteiger partial charge in [0, 0.05) is 11.2 Å². The highest BCUT2D eigenvalue weighted by Gasteiger charge is 2.22. The zero-order valence-electron chi connectivity index (χ0n) is 13.0. The minimum atomic E-state index is -0.442. The first kappa shape index (κ1) is 16.8. The average molecular weight is 337 g/mol. The van der Waals surface area contributed by atoms with E-state index in [1.54, 1.807) is 18.9 Å². The van der Waals surface area contributed by atoms with Gasteiger partial charge in [-0.1, -0.05) is 56.0 Å². The van der Waals surface area contributed by atoms with E-state index in [1.165, 1.54) is 16.9 Å². The number of hydrogen-bond donors (Lipinski definition) is 1. The van der Waals surface area contributed by atoms with Crippen LogP contribution in [-0.2, 0) is 10.5 Å². The lowest BCUT2D eigenvalue weighted by Crippen LogP contribution is -2.27. The molecule has 0 aliphatic heterocycles. The smallest absolute Gasteiger partial charge is 0.231 e. The summed E-state index contributed by atoms with van der Waals surface area (Å²) in [5, 5.41) is 11.4. The summed E-state index contributed by atoms with van der Waals surface area (Å²) >= 11 is 2.98. The summed E-state index contributed by atoms with van der Waals surface area (Å²) in [7, 11) is 1.65. The summed E-state index contributed by atoms with van der Waals surface area (Å²) in [6.45, 7) is 5.59. The molecule has 0 bridgehead atoms. The molecule has 0 fully saturated rings. The van der Waals surface area contributed by atoms with Crippen LogP contribution in [0, 0.1) is 5.41 Å². The minimum Gasteiger partial charge on any atom is -0.497 e. The van der Waals surface area contributed by atoms with E-state index in [-0.39, 0.29) is 5.91 Å². The fourth-order valence-corrected chi connectivity index (χ4v) is 3.17. The highest BCUT2D eigenvalue weighted by Crippen LogP contribution is 2.29. The molecule has 0 atom stereocenters. The van der Waals surface area contributed by atoms with E-state index >= 15 is 0 Å². The number of carbonyl (C=O) groups excluding carboxylic acids is 1. The number of amides is 1. The lowest BCUT2D eigenvalue weighted by molar-refractivity contribution is -0.123. The van der Waals surface area contributed by atoms with Crippen LogP contribution in [0.2, 0.25) is 0 Å². The Labute approximate surface area is 138 Å².